The van der Waals surface area contributed by atoms with Gasteiger partial charge < -0.3 is 10.4 Å². The van der Waals surface area contributed by atoms with Gasteiger partial charge in [-0.2, -0.15) is 0 Å². The average Bonchev–Trinajstić information content (AvgIpc) is 1.77. The largest absolute Gasteiger partial charge is 0.306 e. The topological polar surface area (TPSA) is 0 Å². The van der Waals surface area contributed by atoms with Gasteiger partial charge in [0.1, 0.15) is 0 Å². The maximum absolute atomic E-state index is 5.39. The molecule has 0 amide bonds. The molecule has 0 aliphatic heterocycles. The first-order valence-electron chi connectivity index (χ1n) is 2.40. The van der Waals surface area contributed by atoms with Crippen LogP contribution in [-0.2, 0) is 262 Å². The van der Waals surface area contributed by atoms with Crippen LogP contribution in [-0.4, -0.2) is 0 Å². The fraction of sp³-hybridized carbons (Fsp3) is 0. The van der Waals surface area contributed by atoms with E-state index in [4.69, 9.17) is 13.2 Å². The minimum Gasteiger partial charge on any atom is -0.306 e. The first-order valence-corrected chi connectivity index (χ1v) is 2.40. The quantitative estimate of drug-likeness (QED) is 0.330. The second-order valence-corrected chi connectivity index (χ2v) is 1.63. The van der Waals surface area contributed by atoms with Crippen molar-refractivity contribution < 1.29 is 262 Å². The zero-order valence-corrected chi connectivity index (χ0v) is 31.8. The first-order chi connectivity index (χ1) is 3.80. The molecular weight excluding hydrogens is 807 g/mol. The molecule has 1 aromatic rings. The van der Waals surface area contributed by atoms with E-state index in [9.17, 15) is 0 Å². The monoisotopic (exact) mass is 813 g/mol. The van der Waals surface area contributed by atoms with Crippen LogP contribution in [0.3, 0.4) is 0 Å². The molecule has 0 aliphatic carbocycles. The van der Waals surface area contributed by atoms with Gasteiger partial charge in [-0.1, -0.05) is 0 Å². The van der Waals surface area contributed by atoms with Crippen LogP contribution in [0.15, 0.2) is 24.3 Å². The number of benzene rings is 1. The molecule has 0 nitrogen and oxygen atoms in total. The van der Waals surface area contributed by atoms with Crippen LogP contribution in [0.1, 0.15) is 0 Å². The molecule has 8 heteroatoms. The molecule has 0 heterocycles. The molecule has 1 aromatic carbocycles. The smallest absolute Gasteiger partial charge is 0 e. The van der Waals surface area contributed by atoms with Crippen molar-refractivity contribution in [3.8, 4) is 0 Å². The Morgan fingerprint density at radius 3 is 0.812 bits per heavy atom. The molecular formula is C8H6Y8-2. The van der Waals surface area contributed by atoms with E-state index >= 15 is 0 Å². The summed E-state index contributed by atoms with van der Waals surface area (Å²) in [4.78, 5) is 0. The second-order valence-electron chi connectivity index (χ2n) is 1.63. The minimum absolute atomic E-state index is 0. The van der Waals surface area contributed by atoms with Crippen LogP contribution >= 0.6 is 0 Å². The Labute approximate surface area is 300 Å². The molecule has 0 saturated heterocycles. The molecule has 0 atom stereocenters. The Morgan fingerprint density at radius 2 is 0.688 bits per heavy atom. The fourth-order valence-corrected chi connectivity index (χ4v) is 0.511. The van der Waals surface area contributed by atoms with Crippen LogP contribution in [0.25, 0.3) is 13.2 Å². The molecule has 0 aromatic heterocycles. The molecule has 0 N–H and O–H groups in total. The molecule has 16 heavy (non-hydrogen) atoms. The van der Waals surface area contributed by atoms with E-state index in [2.05, 4.69) is 0 Å². The molecule has 0 bridgehead atoms. The summed E-state index contributed by atoms with van der Waals surface area (Å²) in [5, 5.41) is 1.29. The SMILES string of the molecule is [CH-]=c1ccccc1=[CH-].[Y].[Y].[Y].[Y].[Y].[Y].[Y].[Y]. The zero-order valence-electron chi connectivity index (χ0n) is 9.08. The Kier molecular flexibility index (Phi) is 106. The predicted octanol–water partition coefficient (Wildman–Crippen LogP) is 0.241. The molecule has 0 fully saturated rings. The van der Waals surface area contributed by atoms with Crippen molar-refractivity contribution in [3.05, 3.63) is 34.7 Å². The van der Waals surface area contributed by atoms with E-state index in [1.807, 2.05) is 12.1 Å². The Balaban J connectivity index is -0.0000000133. The van der Waals surface area contributed by atoms with Crippen LogP contribution < -0.4 is 10.4 Å². The molecule has 0 unspecified atom stereocenters. The summed E-state index contributed by atoms with van der Waals surface area (Å²) in [5.74, 6) is 0. The summed E-state index contributed by atoms with van der Waals surface area (Å²) in [6, 6.07) is 7.25. The van der Waals surface area contributed by atoms with Crippen molar-refractivity contribution in [2.24, 2.45) is 0 Å². The number of hydrogen-bond donors (Lipinski definition) is 0. The first kappa shape index (κ1) is 49.6. The van der Waals surface area contributed by atoms with E-state index in [1.165, 1.54) is 0 Å². The molecule has 0 aliphatic rings. The van der Waals surface area contributed by atoms with Crippen LogP contribution in [0, 0.1) is 0 Å². The molecule has 1 rings (SSSR count). The normalized spacial score (nSPS) is 4.50. The Morgan fingerprint density at radius 1 is 0.500 bits per heavy atom. The molecule has 8 radical (unpaired) electrons. The molecule has 64 valence electrons. The average molecular weight is 813 g/mol. The van der Waals surface area contributed by atoms with Gasteiger partial charge in [-0.05, 0) is 0 Å². The van der Waals surface area contributed by atoms with Gasteiger partial charge in [0.2, 0.25) is 0 Å². The van der Waals surface area contributed by atoms with Crippen molar-refractivity contribution in [1.29, 1.82) is 0 Å². The third-order valence-electron chi connectivity index (χ3n) is 0.996. The third kappa shape index (κ3) is 26.7. The van der Waals surface area contributed by atoms with Crippen LogP contribution in [0.4, 0.5) is 0 Å². The summed E-state index contributed by atoms with van der Waals surface area (Å²) in [6.07, 6.45) is 0. The minimum atomic E-state index is 0. The summed E-state index contributed by atoms with van der Waals surface area (Å²) in [5.41, 5.74) is 0. The van der Waals surface area contributed by atoms with E-state index in [-0.39, 0.29) is 262 Å². The van der Waals surface area contributed by atoms with Gasteiger partial charge in [-0.3, -0.25) is 13.2 Å². The standard InChI is InChI=1S/C8H6.8Y/c1-7-5-3-4-6-8(7)2;;;;;;;;/h1-6H;;;;;;;;/q-2;;;;;;;;. The maximum atomic E-state index is 5.39. The Bertz CT molecular complexity index is 247. The van der Waals surface area contributed by atoms with Gasteiger partial charge in [-0.25, -0.2) is 12.1 Å². The maximum Gasteiger partial charge on any atom is 0 e. The van der Waals surface area contributed by atoms with E-state index in [0.717, 1.165) is 0 Å². The molecule has 0 saturated carbocycles. The predicted molar refractivity (Wildman–Crippen MR) is 34.6 cm³/mol. The van der Waals surface area contributed by atoms with Gasteiger partial charge in [0, 0.05) is 262 Å². The number of hydrogen-bond acceptors (Lipinski definition) is 0. The van der Waals surface area contributed by atoms with Crippen LogP contribution in [0.2, 0.25) is 0 Å². The fourth-order valence-electron chi connectivity index (χ4n) is 0.511. The second kappa shape index (κ2) is 34.2. The summed E-state index contributed by atoms with van der Waals surface area (Å²) in [7, 11) is 0. The van der Waals surface area contributed by atoms with Crippen molar-refractivity contribution in [3.63, 3.8) is 0 Å². The van der Waals surface area contributed by atoms with Crippen LogP contribution in [0.5, 0.6) is 0 Å². The van der Waals surface area contributed by atoms with Crippen molar-refractivity contribution in [1.82, 2.24) is 0 Å². The van der Waals surface area contributed by atoms with E-state index in [0.29, 0.717) is 10.4 Å². The third-order valence-corrected chi connectivity index (χ3v) is 0.996. The summed E-state index contributed by atoms with van der Waals surface area (Å²) < 4.78 is 0. The van der Waals surface area contributed by atoms with Gasteiger partial charge in [0.15, 0.2) is 0 Å². The van der Waals surface area contributed by atoms with E-state index < -0.39 is 0 Å². The van der Waals surface area contributed by atoms with Crippen molar-refractivity contribution in [2.45, 2.75) is 0 Å². The zero-order chi connectivity index (χ0) is 5.98. The van der Waals surface area contributed by atoms with Crippen molar-refractivity contribution in [2.75, 3.05) is 0 Å². The summed E-state index contributed by atoms with van der Waals surface area (Å²) >= 11 is 0. The molecule has 0 spiro atoms. The number of rotatable bonds is 0. The van der Waals surface area contributed by atoms with Crippen molar-refractivity contribution >= 4 is 13.2 Å². The van der Waals surface area contributed by atoms with Gasteiger partial charge in [0.05, 0.1) is 0 Å². The van der Waals surface area contributed by atoms with E-state index in [1.54, 1.807) is 12.1 Å². The van der Waals surface area contributed by atoms with Gasteiger partial charge >= 0.3 is 0 Å². The van der Waals surface area contributed by atoms with Gasteiger partial charge in [0.25, 0.3) is 0 Å². The summed E-state index contributed by atoms with van der Waals surface area (Å²) in [6.45, 7) is 10.8. The van der Waals surface area contributed by atoms with Gasteiger partial charge in [-0.15, -0.1) is 12.1 Å². The Hall–Kier alpha value is 7.79.